The smallest absolute Gasteiger partial charge is 0.325 e. The molecule has 0 fully saturated rings. The molecule has 0 spiro atoms. The van der Waals surface area contributed by atoms with E-state index in [1.807, 2.05) is 17.6 Å². The number of aryl methyl sites for hydroxylation is 1. The Kier molecular flexibility index (Phi) is 4.59. The van der Waals surface area contributed by atoms with Crippen LogP contribution in [-0.2, 0) is 28.9 Å². The van der Waals surface area contributed by atoms with Crippen LogP contribution in [0.15, 0.2) is 28.8 Å². The third kappa shape index (κ3) is 3.41. The zero-order valence-corrected chi connectivity index (χ0v) is 15.4. The minimum Gasteiger partial charge on any atom is -0.465 e. The lowest BCUT2D eigenvalue weighted by molar-refractivity contribution is -0.143. The highest BCUT2D eigenvalue weighted by Gasteiger charge is 2.27. The average molecular weight is 371 g/mol. The van der Waals surface area contributed by atoms with Gasteiger partial charge in [0.15, 0.2) is 5.82 Å². The van der Waals surface area contributed by atoms with Crippen molar-refractivity contribution in [2.75, 3.05) is 11.9 Å². The Morgan fingerprint density at radius 3 is 3.04 bits per heavy atom. The summed E-state index contributed by atoms with van der Waals surface area (Å²) < 4.78 is 26.1. The van der Waals surface area contributed by atoms with Crippen molar-refractivity contribution < 1.29 is 18.4 Å². The summed E-state index contributed by atoms with van der Waals surface area (Å²) in [4.78, 5) is 12.1. The Morgan fingerprint density at radius 1 is 1.44 bits per heavy atom. The standard InChI is InChI=1S/C20H22FN3O3/c1-3-26-20(25)11-24-17-6-4-13(21)9-15(17)16-10-14(5-7-18(16)24)22-19-8-12(2)27-23-19/h4,6,8-9,14H,3,5,7,10-11H2,1-2H3,(H,22,23). The van der Waals surface area contributed by atoms with Gasteiger partial charge in [-0.2, -0.15) is 0 Å². The number of nitrogens with one attached hydrogen (secondary N) is 1. The largest absolute Gasteiger partial charge is 0.465 e. The second-order valence-electron chi connectivity index (χ2n) is 6.88. The first-order valence-electron chi connectivity index (χ1n) is 9.20. The van der Waals surface area contributed by atoms with E-state index >= 15 is 0 Å². The Labute approximate surface area is 156 Å². The van der Waals surface area contributed by atoms with Crippen molar-refractivity contribution in [1.29, 1.82) is 0 Å². The lowest BCUT2D eigenvalue weighted by atomic mass is 9.91. The molecule has 2 heterocycles. The second-order valence-corrected chi connectivity index (χ2v) is 6.88. The molecular weight excluding hydrogens is 349 g/mol. The Morgan fingerprint density at radius 2 is 2.30 bits per heavy atom. The van der Waals surface area contributed by atoms with Gasteiger partial charge in [-0.1, -0.05) is 5.16 Å². The first-order chi connectivity index (χ1) is 13.0. The molecule has 1 atom stereocenters. The quantitative estimate of drug-likeness (QED) is 0.694. The van der Waals surface area contributed by atoms with Crippen LogP contribution in [-0.4, -0.2) is 28.3 Å². The van der Waals surface area contributed by atoms with Crippen LogP contribution in [0.3, 0.4) is 0 Å². The summed E-state index contributed by atoms with van der Waals surface area (Å²) in [6.07, 6.45) is 2.41. The predicted molar refractivity (Wildman–Crippen MR) is 99.2 cm³/mol. The van der Waals surface area contributed by atoms with Crippen molar-refractivity contribution in [3.8, 4) is 0 Å². The fourth-order valence-corrected chi connectivity index (χ4v) is 3.91. The minimum absolute atomic E-state index is 0.145. The van der Waals surface area contributed by atoms with Gasteiger partial charge >= 0.3 is 5.97 Å². The van der Waals surface area contributed by atoms with Crippen molar-refractivity contribution in [2.24, 2.45) is 0 Å². The van der Waals surface area contributed by atoms with Crippen LogP contribution in [0.5, 0.6) is 0 Å². The number of anilines is 1. The molecule has 1 N–H and O–H groups in total. The number of hydrogen-bond donors (Lipinski definition) is 1. The van der Waals surface area contributed by atoms with Gasteiger partial charge < -0.3 is 19.1 Å². The molecule has 2 aromatic heterocycles. The minimum atomic E-state index is -0.278. The van der Waals surface area contributed by atoms with Gasteiger partial charge in [0, 0.05) is 28.7 Å². The summed E-state index contributed by atoms with van der Waals surface area (Å²) in [5, 5.41) is 8.25. The molecule has 0 bridgehead atoms. The van der Waals surface area contributed by atoms with Crippen LogP contribution in [0.2, 0.25) is 0 Å². The van der Waals surface area contributed by atoms with Crippen molar-refractivity contribution in [2.45, 2.75) is 45.7 Å². The Balaban J connectivity index is 1.68. The van der Waals surface area contributed by atoms with Gasteiger partial charge in [-0.3, -0.25) is 4.79 Å². The fourth-order valence-electron chi connectivity index (χ4n) is 3.91. The summed E-state index contributed by atoms with van der Waals surface area (Å²) in [7, 11) is 0. The van der Waals surface area contributed by atoms with E-state index < -0.39 is 0 Å². The summed E-state index contributed by atoms with van der Waals surface area (Å²) in [6, 6.07) is 6.76. The van der Waals surface area contributed by atoms with Crippen LogP contribution < -0.4 is 5.32 Å². The molecule has 1 aliphatic rings. The maximum absolute atomic E-state index is 13.9. The Hall–Kier alpha value is -2.83. The van der Waals surface area contributed by atoms with Crippen LogP contribution >= 0.6 is 0 Å². The van der Waals surface area contributed by atoms with Crippen molar-refractivity contribution >= 4 is 22.7 Å². The van der Waals surface area contributed by atoms with Gasteiger partial charge in [-0.25, -0.2) is 4.39 Å². The van der Waals surface area contributed by atoms with Gasteiger partial charge in [0.25, 0.3) is 0 Å². The number of hydrogen-bond acceptors (Lipinski definition) is 5. The zero-order chi connectivity index (χ0) is 19.0. The highest BCUT2D eigenvalue weighted by Crippen LogP contribution is 2.33. The lowest BCUT2D eigenvalue weighted by Gasteiger charge is -2.24. The van der Waals surface area contributed by atoms with E-state index in [9.17, 15) is 9.18 Å². The summed E-state index contributed by atoms with van der Waals surface area (Å²) >= 11 is 0. The number of rotatable bonds is 5. The van der Waals surface area contributed by atoms with E-state index in [4.69, 9.17) is 9.26 Å². The first-order valence-corrected chi connectivity index (χ1v) is 9.20. The molecule has 0 saturated carbocycles. The van der Waals surface area contributed by atoms with Crippen molar-refractivity contribution in [3.05, 3.63) is 47.1 Å². The molecule has 4 rings (SSSR count). The van der Waals surface area contributed by atoms with Gasteiger partial charge in [0.2, 0.25) is 0 Å². The number of carbonyl (C=O) groups is 1. The van der Waals surface area contributed by atoms with Crippen molar-refractivity contribution in [1.82, 2.24) is 9.72 Å². The Bertz CT molecular complexity index is 992. The number of carbonyl (C=O) groups excluding carboxylic acids is 1. The molecule has 3 aromatic rings. The SMILES string of the molecule is CCOC(=O)Cn1c2c(c3cc(F)ccc31)CC(Nc1cc(C)on1)CC2. The van der Waals surface area contributed by atoms with E-state index in [2.05, 4.69) is 10.5 Å². The molecule has 1 aliphatic carbocycles. The molecule has 0 aliphatic heterocycles. The highest BCUT2D eigenvalue weighted by atomic mass is 19.1. The summed E-state index contributed by atoms with van der Waals surface area (Å²) in [5.74, 6) is 0.908. The summed E-state index contributed by atoms with van der Waals surface area (Å²) in [6.45, 7) is 4.13. The van der Waals surface area contributed by atoms with Gasteiger partial charge in [-0.05, 0) is 56.9 Å². The third-order valence-corrected chi connectivity index (χ3v) is 5.00. The molecule has 1 aromatic carbocycles. The maximum atomic E-state index is 13.9. The number of esters is 1. The molecule has 6 nitrogen and oxygen atoms in total. The normalized spacial score (nSPS) is 16.3. The number of nitrogens with zero attached hydrogens (tertiary/aromatic N) is 2. The van der Waals surface area contributed by atoms with E-state index in [-0.39, 0.29) is 24.4 Å². The van der Waals surface area contributed by atoms with E-state index in [0.29, 0.717) is 12.4 Å². The predicted octanol–water partition coefficient (Wildman–Crippen LogP) is 3.61. The van der Waals surface area contributed by atoms with Crippen LogP contribution in [0.4, 0.5) is 10.2 Å². The molecule has 0 radical (unpaired) electrons. The topological polar surface area (TPSA) is 69.3 Å². The molecular formula is C20H22FN3O3. The maximum Gasteiger partial charge on any atom is 0.325 e. The fraction of sp³-hybridized carbons (Fsp3) is 0.400. The van der Waals surface area contributed by atoms with Gasteiger partial charge in [0.05, 0.1) is 6.61 Å². The van der Waals surface area contributed by atoms with E-state index in [1.54, 1.807) is 19.1 Å². The lowest BCUT2D eigenvalue weighted by Crippen LogP contribution is -2.28. The first kappa shape index (κ1) is 17.6. The molecule has 0 amide bonds. The number of halogens is 1. The van der Waals surface area contributed by atoms with E-state index in [0.717, 1.165) is 47.2 Å². The van der Waals surface area contributed by atoms with Crippen molar-refractivity contribution in [3.63, 3.8) is 0 Å². The number of fused-ring (bicyclic) bond motifs is 3. The average Bonchev–Trinajstić information content (AvgIpc) is 3.17. The summed E-state index contributed by atoms with van der Waals surface area (Å²) in [5.41, 5.74) is 3.03. The van der Waals surface area contributed by atoms with Crippen LogP contribution in [0, 0.1) is 12.7 Å². The molecule has 1 unspecified atom stereocenters. The highest BCUT2D eigenvalue weighted by molar-refractivity contribution is 5.87. The second kappa shape index (κ2) is 7.06. The van der Waals surface area contributed by atoms with Crippen LogP contribution in [0.1, 0.15) is 30.4 Å². The third-order valence-electron chi connectivity index (χ3n) is 5.00. The monoisotopic (exact) mass is 371 g/mol. The number of ether oxygens (including phenoxy) is 1. The molecule has 7 heteroatoms. The van der Waals surface area contributed by atoms with E-state index in [1.165, 1.54) is 6.07 Å². The zero-order valence-electron chi connectivity index (χ0n) is 15.4. The van der Waals surface area contributed by atoms with Gasteiger partial charge in [-0.15, -0.1) is 0 Å². The number of benzene rings is 1. The molecule has 142 valence electrons. The van der Waals surface area contributed by atoms with Crippen LogP contribution in [0.25, 0.3) is 10.9 Å². The van der Waals surface area contributed by atoms with Gasteiger partial charge in [0.1, 0.15) is 18.1 Å². The molecule has 27 heavy (non-hydrogen) atoms. The molecule has 0 saturated heterocycles. The number of aromatic nitrogens is 2.